The van der Waals surface area contributed by atoms with Gasteiger partial charge in [0.15, 0.2) is 15.8 Å². The van der Waals surface area contributed by atoms with Crippen LogP contribution in [0.4, 0.5) is 5.13 Å². The maximum Gasteiger partial charge on any atom is 0.301 e. The van der Waals surface area contributed by atoms with Gasteiger partial charge in [-0.05, 0) is 60.9 Å². The third kappa shape index (κ3) is 6.74. The van der Waals surface area contributed by atoms with Crippen molar-refractivity contribution in [1.82, 2.24) is 10.2 Å². The maximum atomic E-state index is 13.7. The number of carbonyl (C=O) groups is 2. The zero-order valence-corrected chi connectivity index (χ0v) is 26.3. The van der Waals surface area contributed by atoms with Gasteiger partial charge in [-0.3, -0.25) is 14.5 Å². The van der Waals surface area contributed by atoms with Gasteiger partial charge in [0.05, 0.1) is 31.9 Å². The summed E-state index contributed by atoms with van der Waals surface area (Å²) in [5.41, 5.74) is 1.99. The van der Waals surface area contributed by atoms with Crippen LogP contribution in [0.2, 0.25) is 0 Å². The average Bonchev–Trinajstić information content (AvgIpc) is 3.62. The highest BCUT2D eigenvalue weighted by Crippen LogP contribution is 2.45. The first-order valence-electron chi connectivity index (χ1n) is 14.3. The molecule has 44 heavy (non-hydrogen) atoms. The van der Waals surface area contributed by atoms with E-state index in [1.165, 1.54) is 28.0 Å². The van der Waals surface area contributed by atoms with Gasteiger partial charge < -0.3 is 19.3 Å². The number of rotatable bonds is 13. The standard InChI is InChI=1S/C33H33N3O6S2/c1-4-6-18-42-25-17-14-23(19-26(25)41-5-2)28-27(29(37)22-12-15-24(40-3)16-13-22)30(38)31(39)36(28)32-34-35-33(44-32)43-20-21-10-8-7-9-11-21/h7-17,19,28,37H,4-6,18,20H2,1-3H3. The molecule has 228 valence electrons. The van der Waals surface area contributed by atoms with E-state index in [4.69, 9.17) is 14.2 Å². The molecule has 3 aromatic carbocycles. The SMILES string of the molecule is CCCCOc1ccc(C2C(=C(O)c3ccc(OC)cc3)C(=O)C(=O)N2c2nnc(SCc3ccccc3)s2)cc1OCC. The van der Waals surface area contributed by atoms with E-state index in [-0.39, 0.29) is 16.5 Å². The first kappa shape index (κ1) is 31.1. The molecule has 0 bridgehead atoms. The lowest BCUT2D eigenvalue weighted by molar-refractivity contribution is -0.132. The van der Waals surface area contributed by atoms with Crippen LogP contribution in [0, 0.1) is 0 Å². The van der Waals surface area contributed by atoms with Crippen LogP contribution in [0.25, 0.3) is 5.76 Å². The van der Waals surface area contributed by atoms with Gasteiger partial charge in [0.1, 0.15) is 11.5 Å². The molecule has 1 aliphatic heterocycles. The molecule has 9 nitrogen and oxygen atoms in total. The third-order valence-corrected chi connectivity index (χ3v) is 9.08. The van der Waals surface area contributed by atoms with Crippen molar-refractivity contribution >= 4 is 45.7 Å². The summed E-state index contributed by atoms with van der Waals surface area (Å²) in [4.78, 5) is 28.6. The number of anilines is 1. The smallest absolute Gasteiger partial charge is 0.301 e. The molecule has 1 saturated heterocycles. The molecule has 1 amide bonds. The Kier molecular flexibility index (Phi) is 10.2. The molecule has 2 heterocycles. The fraction of sp³-hybridized carbons (Fsp3) is 0.273. The summed E-state index contributed by atoms with van der Waals surface area (Å²) in [6, 6.07) is 20.9. The van der Waals surface area contributed by atoms with E-state index in [9.17, 15) is 14.7 Å². The topological polar surface area (TPSA) is 111 Å². The molecule has 1 aromatic heterocycles. The number of hydrogen-bond donors (Lipinski definition) is 1. The van der Waals surface area contributed by atoms with Crippen LogP contribution in [0.5, 0.6) is 17.2 Å². The molecule has 0 radical (unpaired) electrons. The van der Waals surface area contributed by atoms with Gasteiger partial charge in [0.2, 0.25) is 5.13 Å². The first-order chi connectivity index (χ1) is 21.4. The summed E-state index contributed by atoms with van der Waals surface area (Å²) < 4.78 is 17.8. The highest BCUT2D eigenvalue weighted by molar-refractivity contribution is 8.00. The average molecular weight is 632 g/mol. The van der Waals surface area contributed by atoms with Gasteiger partial charge in [0, 0.05) is 11.3 Å². The highest BCUT2D eigenvalue weighted by atomic mass is 32.2. The second-order valence-corrected chi connectivity index (χ2v) is 12.0. The lowest BCUT2D eigenvalue weighted by Gasteiger charge is -2.23. The number of methoxy groups -OCH3 is 1. The largest absolute Gasteiger partial charge is 0.507 e. The summed E-state index contributed by atoms with van der Waals surface area (Å²) in [5, 5.41) is 20.4. The number of ether oxygens (including phenoxy) is 3. The van der Waals surface area contributed by atoms with Crippen LogP contribution in [0.1, 0.15) is 49.4 Å². The number of aromatic nitrogens is 2. The lowest BCUT2D eigenvalue weighted by Crippen LogP contribution is -2.29. The summed E-state index contributed by atoms with van der Waals surface area (Å²) in [6.07, 6.45) is 1.87. The number of hydrogen-bond acceptors (Lipinski definition) is 10. The summed E-state index contributed by atoms with van der Waals surface area (Å²) >= 11 is 2.71. The first-order valence-corrected chi connectivity index (χ1v) is 16.1. The molecule has 1 N–H and O–H groups in total. The van der Waals surface area contributed by atoms with Crippen LogP contribution in [-0.4, -0.2) is 47.3 Å². The van der Waals surface area contributed by atoms with Crippen LogP contribution < -0.4 is 19.1 Å². The lowest BCUT2D eigenvalue weighted by atomic mass is 9.95. The Balaban J connectivity index is 1.57. The van der Waals surface area contributed by atoms with Gasteiger partial charge in [0.25, 0.3) is 5.78 Å². The number of benzene rings is 3. The van der Waals surface area contributed by atoms with Crippen LogP contribution in [0.3, 0.4) is 0 Å². The Morgan fingerprint density at radius 1 is 0.977 bits per heavy atom. The molecule has 1 atom stereocenters. The molecule has 0 aliphatic carbocycles. The molecule has 0 saturated carbocycles. The summed E-state index contributed by atoms with van der Waals surface area (Å²) in [5.74, 6) is 0.377. The fourth-order valence-electron chi connectivity index (χ4n) is 4.74. The van der Waals surface area contributed by atoms with Crippen molar-refractivity contribution in [3.8, 4) is 17.2 Å². The minimum Gasteiger partial charge on any atom is -0.507 e. The van der Waals surface area contributed by atoms with Crippen LogP contribution in [0.15, 0.2) is 82.7 Å². The zero-order chi connectivity index (χ0) is 31.1. The van der Waals surface area contributed by atoms with E-state index in [1.807, 2.05) is 37.3 Å². The number of amides is 1. The Morgan fingerprint density at radius 3 is 2.45 bits per heavy atom. The van der Waals surface area contributed by atoms with E-state index >= 15 is 0 Å². The number of nitrogens with zero attached hydrogens (tertiary/aromatic N) is 3. The molecule has 11 heteroatoms. The number of thioether (sulfide) groups is 1. The van der Waals surface area contributed by atoms with Crippen molar-refractivity contribution in [2.24, 2.45) is 0 Å². The fourth-order valence-corrected chi connectivity index (χ4v) is 6.56. The van der Waals surface area contributed by atoms with Gasteiger partial charge in [-0.15, -0.1) is 10.2 Å². The minimum absolute atomic E-state index is 0.0593. The summed E-state index contributed by atoms with van der Waals surface area (Å²) in [6.45, 7) is 4.87. The van der Waals surface area contributed by atoms with E-state index < -0.39 is 17.7 Å². The highest BCUT2D eigenvalue weighted by Gasteiger charge is 2.48. The van der Waals surface area contributed by atoms with Crippen molar-refractivity contribution < 1.29 is 28.9 Å². The number of ketones is 1. The van der Waals surface area contributed by atoms with Gasteiger partial charge in [-0.1, -0.05) is 72.8 Å². The van der Waals surface area contributed by atoms with E-state index in [0.29, 0.717) is 51.7 Å². The number of aliphatic hydroxyl groups excluding tert-OH is 1. The van der Waals surface area contributed by atoms with E-state index in [2.05, 4.69) is 17.1 Å². The van der Waals surface area contributed by atoms with Gasteiger partial charge in [-0.2, -0.15) is 0 Å². The second-order valence-electron chi connectivity index (χ2n) is 9.86. The van der Waals surface area contributed by atoms with Crippen molar-refractivity contribution in [2.45, 2.75) is 42.8 Å². The van der Waals surface area contributed by atoms with Crippen molar-refractivity contribution in [1.29, 1.82) is 0 Å². The summed E-state index contributed by atoms with van der Waals surface area (Å²) in [7, 11) is 1.54. The monoisotopic (exact) mass is 631 g/mol. The number of carbonyl (C=O) groups excluding carboxylic acids is 2. The van der Waals surface area contributed by atoms with E-state index in [0.717, 1.165) is 18.4 Å². The number of aliphatic hydroxyl groups is 1. The Morgan fingerprint density at radius 2 is 1.75 bits per heavy atom. The number of unbranched alkanes of at least 4 members (excludes halogenated alkanes) is 1. The predicted octanol–water partition coefficient (Wildman–Crippen LogP) is 7.04. The Labute approximate surface area is 264 Å². The maximum absolute atomic E-state index is 13.7. The van der Waals surface area contributed by atoms with Crippen molar-refractivity contribution in [3.63, 3.8) is 0 Å². The Hall–Kier alpha value is -4.35. The molecule has 5 rings (SSSR count). The molecule has 1 fully saturated rings. The van der Waals surface area contributed by atoms with Gasteiger partial charge >= 0.3 is 5.91 Å². The van der Waals surface area contributed by atoms with Crippen LogP contribution in [-0.2, 0) is 15.3 Å². The third-order valence-electron chi connectivity index (χ3n) is 6.95. The molecule has 4 aromatic rings. The molecule has 0 spiro atoms. The van der Waals surface area contributed by atoms with Crippen LogP contribution >= 0.6 is 23.1 Å². The minimum atomic E-state index is -0.985. The molecular formula is C33H33N3O6S2. The van der Waals surface area contributed by atoms with E-state index in [1.54, 1.807) is 49.6 Å². The molecule has 1 aliphatic rings. The van der Waals surface area contributed by atoms with Gasteiger partial charge in [-0.25, -0.2) is 0 Å². The second kappa shape index (κ2) is 14.4. The normalized spacial score (nSPS) is 15.9. The quantitative estimate of drug-likeness (QED) is 0.0415. The number of Topliss-reactive ketones (excluding diaryl/α,β-unsaturated/α-hetero) is 1. The molecule has 1 unspecified atom stereocenters. The predicted molar refractivity (Wildman–Crippen MR) is 172 cm³/mol. The Bertz CT molecular complexity index is 1640. The zero-order valence-electron chi connectivity index (χ0n) is 24.7. The molecular weight excluding hydrogens is 599 g/mol. The van der Waals surface area contributed by atoms with Crippen molar-refractivity contribution in [3.05, 3.63) is 95.1 Å². The van der Waals surface area contributed by atoms with Crippen molar-refractivity contribution in [2.75, 3.05) is 25.2 Å².